The van der Waals surface area contributed by atoms with Gasteiger partial charge in [-0.3, -0.25) is 9.36 Å². The molecule has 4 rings (SSSR count). The van der Waals surface area contributed by atoms with Gasteiger partial charge in [-0.1, -0.05) is 11.8 Å². The van der Waals surface area contributed by atoms with Crippen molar-refractivity contribution in [1.82, 2.24) is 24.5 Å². The Morgan fingerprint density at radius 1 is 1.32 bits per heavy atom. The molecule has 1 unspecified atom stereocenters. The van der Waals surface area contributed by atoms with Gasteiger partial charge in [0.05, 0.1) is 25.1 Å². The molecule has 2 heterocycles. The fourth-order valence-electron chi connectivity index (χ4n) is 3.07. The summed E-state index contributed by atoms with van der Waals surface area (Å²) in [5.74, 6) is 2.31. The smallest absolute Gasteiger partial charge is 0.235 e. The summed E-state index contributed by atoms with van der Waals surface area (Å²) in [6.07, 6.45) is 5.81. The predicted molar refractivity (Wildman–Crippen MR) is 107 cm³/mol. The summed E-state index contributed by atoms with van der Waals surface area (Å²) in [6, 6.07) is 9.73. The van der Waals surface area contributed by atoms with Crippen LogP contribution in [-0.2, 0) is 4.79 Å². The summed E-state index contributed by atoms with van der Waals surface area (Å²) >= 11 is 1.34. The second-order valence-corrected chi connectivity index (χ2v) is 7.70. The fourth-order valence-corrected chi connectivity index (χ4v) is 3.80. The number of rotatable bonds is 8. The second kappa shape index (κ2) is 8.05. The Bertz CT molecular complexity index is 948. The molecule has 0 saturated heterocycles. The summed E-state index contributed by atoms with van der Waals surface area (Å²) in [4.78, 5) is 12.5. The van der Waals surface area contributed by atoms with Crippen molar-refractivity contribution in [3.8, 4) is 11.4 Å². The average molecular weight is 398 g/mol. The average Bonchev–Trinajstić information content (AvgIpc) is 3.29. The minimum atomic E-state index is -0.0981. The van der Waals surface area contributed by atoms with E-state index in [-0.39, 0.29) is 11.7 Å². The molecule has 1 aromatic carbocycles. The molecule has 1 amide bonds. The Labute approximate surface area is 167 Å². The van der Waals surface area contributed by atoms with Gasteiger partial charge in [-0.2, -0.15) is 5.10 Å². The third kappa shape index (κ3) is 4.04. The number of anilines is 1. The number of carbonyl (C=O) groups excluding carboxylic acids is 1. The zero-order chi connectivity index (χ0) is 19.5. The Morgan fingerprint density at radius 2 is 2.11 bits per heavy atom. The maximum absolute atomic E-state index is 12.5. The maximum atomic E-state index is 12.5. The van der Waals surface area contributed by atoms with Crippen molar-refractivity contribution in [3.05, 3.63) is 42.9 Å². The number of hydrogen-bond acceptors (Lipinski definition) is 6. The second-order valence-electron chi connectivity index (χ2n) is 6.76. The van der Waals surface area contributed by atoms with Crippen LogP contribution in [0.15, 0.2) is 48.0 Å². The lowest BCUT2D eigenvalue weighted by Gasteiger charge is -2.15. The number of nitrogens with one attached hydrogen (secondary N) is 1. The zero-order valence-corrected chi connectivity index (χ0v) is 16.6. The van der Waals surface area contributed by atoms with Gasteiger partial charge in [0.1, 0.15) is 17.9 Å². The highest BCUT2D eigenvalue weighted by Gasteiger charge is 2.30. The van der Waals surface area contributed by atoms with E-state index >= 15 is 0 Å². The van der Waals surface area contributed by atoms with Crippen LogP contribution in [0.5, 0.6) is 5.75 Å². The molecule has 28 heavy (non-hydrogen) atoms. The van der Waals surface area contributed by atoms with Crippen molar-refractivity contribution in [2.75, 3.05) is 18.2 Å². The Morgan fingerprint density at radius 3 is 2.82 bits per heavy atom. The van der Waals surface area contributed by atoms with Gasteiger partial charge < -0.3 is 10.1 Å². The van der Waals surface area contributed by atoms with Gasteiger partial charge in [0, 0.05) is 11.8 Å². The molecule has 2 aromatic heterocycles. The first-order chi connectivity index (χ1) is 13.7. The van der Waals surface area contributed by atoms with E-state index in [0.717, 1.165) is 17.3 Å². The monoisotopic (exact) mass is 398 g/mol. The molecule has 9 heteroatoms. The maximum Gasteiger partial charge on any atom is 0.235 e. The van der Waals surface area contributed by atoms with Crippen LogP contribution in [0.1, 0.15) is 25.8 Å². The highest BCUT2D eigenvalue weighted by Crippen LogP contribution is 2.40. The van der Waals surface area contributed by atoms with Gasteiger partial charge in [0.15, 0.2) is 5.16 Å². The summed E-state index contributed by atoms with van der Waals surface area (Å²) < 4.78 is 8.93. The number of benzene rings is 1. The number of amides is 1. The van der Waals surface area contributed by atoms with Crippen LogP contribution in [0.2, 0.25) is 0 Å². The number of thioether (sulfide) groups is 1. The predicted octanol–water partition coefficient (Wildman–Crippen LogP) is 3.17. The first-order valence-corrected chi connectivity index (χ1v) is 10.1. The van der Waals surface area contributed by atoms with Crippen LogP contribution < -0.4 is 10.1 Å². The summed E-state index contributed by atoms with van der Waals surface area (Å²) in [6.45, 7) is 2.15. The first-order valence-electron chi connectivity index (χ1n) is 9.16. The largest absolute Gasteiger partial charge is 0.497 e. The Kier molecular flexibility index (Phi) is 5.34. The number of carbonyl (C=O) groups is 1. The van der Waals surface area contributed by atoms with E-state index < -0.39 is 0 Å². The summed E-state index contributed by atoms with van der Waals surface area (Å²) in [7, 11) is 1.63. The summed E-state index contributed by atoms with van der Waals surface area (Å²) in [5, 5.41) is 16.1. The third-order valence-electron chi connectivity index (χ3n) is 4.83. The van der Waals surface area contributed by atoms with Crippen molar-refractivity contribution in [2.24, 2.45) is 5.92 Å². The van der Waals surface area contributed by atoms with Crippen molar-refractivity contribution in [1.29, 1.82) is 0 Å². The standard InChI is InChI=1S/C19H22N6O2S/c1-13(14-3-4-14)25-17(9-10-21-25)22-18(26)11-28-19-23-20-12-24(19)15-5-7-16(27-2)8-6-15/h5-10,12-14H,3-4,11H2,1-2H3,(H,22,26). The molecular weight excluding hydrogens is 376 g/mol. The van der Waals surface area contributed by atoms with E-state index in [1.54, 1.807) is 19.6 Å². The van der Waals surface area contributed by atoms with E-state index in [2.05, 4.69) is 27.5 Å². The first kappa shape index (κ1) is 18.5. The van der Waals surface area contributed by atoms with Crippen LogP contribution in [0, 0.1) is 5.92 Å². The van der Waals surface area contributed by atoms with E-state index in [0.29, 0.717) is 17.1 Å². The molecule has 8 nitrogen and oxygen atoms in total. The van der Waals surface area contributed by atoms with Gasteiger partial charge in [0.25, 0.3) is 0 Å². The number of hydrogen-bond donors (Lipinski definition) is 1. The normalized spacial score (nSPS) is 14.6. The van der Waals surface area contributed by atoms with Crippen molar-refractivity contribution < 1.29 is 9.53 Å². The topological polar surface area (TPSA) is 86.9 Å². The van der Waals surface area contributed by atoms with Gasteiger partial charge in [-0.05, 0) is 49.9 Å². The van der Waals surface area contributed by atoms with Gasteiger partial charge in [-0.15, -0.1) is 10.2 Å². The fraction of sp³-hybridized carbons (Fsp3) is 0.368. The molecule has 1 atom stereocenters. The summed E-state index contributed by atoms with van der Waals surface area (Å²) in [5.41, 5.74) is 0.907. The molecule has 3 aromatic rings. The van der Waals surface area contributed by atoms with Crippen molar-refractivity contribution >= 4 is 23.5 Å². The molecule has 0 bridgehead atoms. The minimum Gasteiger partial charge on any atom is -0.497 e. The molecule has 1 N–H and O–H groups in total. The quantitative estimate of drug-likeness (QED) is 0.587. The number of ether oxygens (including phenoxy) is 1. The van der Waals surface area contributed by atoms with E-state index in [1.165, 1.54) is 24.6 Å². The molecule has 0 spiro atoms. The molecule has 1 fully saturated rings. The SMILES string of the molecule is COc1ccc(-n2cnnc2SCC(=O)Nc2ccnn2C(C)C2CC2)cc1. The van der Waals surface area contributed by atoms with Crippen molar-refractivity contribution in [3.63, 3.8) is 0 Å². The lowest BCUT2D eigenvalue weighted by molar-refractivity contribution is -0.113. The highest BCUT2D eigenvalue weighted by atomic mass is 32.2. The lowest BCUT2D eigenvalue weighted by atomic mass is 10.2. The van der Waals surface area contributed by atoms with Crippen LogP contribution in [0.3, 0.4) is 0 Å². The Hall–Kier alpha value is -2.81. The van der Waals surface area contributed by atoms with E-state index in [1.807, 2.05) is 39.6 Å². The molecule has 1 aliphatic rings. The zero-order valence-electron chi connectivity index (χ0n) is 15.8. The Balaban J connectivity index is 1.38. The van der Waals surface area contributed by atoms with Gasteiger partial charge >= 0.3 is 0 Å². The molecule has 1 aliphatic carbocycles. The van der Waals surface area contributed by atoms with Crippen LogP contribution in [0.4, 0.5) is 5.82 Å². The molecule has 0 aliphatic heterocycles. The molecule has 146 valence electrons. The number of methoxy groups -OCH3 is 1. The van der Waals surface area contributed by atoms with Gasteiger partial charge in [0.2, 0.25) is 5.91 Å². The van der Waals surface area contributed by atoms with E-state index in [9.17, 15) is 4.79 Å². The van der Waals surface area contributed by atoms with Crippen LogP contribution in [0.25, 0.3) is 5.69 Å². The van der Waals surface area contributed by atoms with Crippen molar-refractivity contribution in [2.45, 2.75) is 31.0 Å². The number of nitrogens with zero attached hydrogens (tertiary/aromatic N) is 5. The molecular formula is C19H22N6O2S. The minimum absolute atomic E-state index is 0.0981. The highest BCUT2D eigenvalue weighted by molar-refractivity contribution is 7.99. The van der Waals surface area contributed by atoms with E-state index in [4.69, 9.17) is 4.74 Å². The molecule has 0 radical (unpaired) electrons. The van der Waals surface area contributed by atoms with Crippen LogP contribution in [-0.4, -0.2) is 43.3 Å². The molecule has 1 saturated carbocycles. The third-order valence-corrected chi connectivity index (χ3v) is 5.77. The lowest BCUT2D eigenvalue weighted by Crippen LogP contribution is -2.19. The van der Waals surface area contributed by atoms with Crippen LogP contribution >= 0.6 is 11.8 Å². The number of aromatic nitrogens is 5. The van der Waals surface area contributed by atoms with Gasteiger partial charge in [-0.25, -0.2) is 4.68 Å².